The van der Waals surface area contributed by atoms with E-state index < -0.39 is 106 Å². The summed E-state index contributed by atoms with van der Waals surface area (Å²) in [5.74, 6) is -6.82. The number of ketones is 5. The SMILES string of the molecule is CC[C@H](C)[C@@H]([C@@H](CC(=O)N1CCC[C@H]1[C@H](OC)[C@@H](C)C(=O)C[C@@H](Cc1ccccc1)c1nccs1)OC)N(C)C(=O)[C@@H](CC(=O)C(C)(C)NC(=O)OCc1ccc(NC(=O)[C@H](CCCNC(N)=O)CC(=O)[C@@H](NC(=O)[C@H](CCCCNC(=O)CC[C@@H](NC(C)(C)C)C(=O)C(C)(C)C)CC(=O)Cc2ccccc2)C(C)C)cc1)C(C)C. The number of carbonyl (C=O) groups excluding carboxylic acids is 12. The third-order valence-corrected chi connectivity index (χ3v) is 23.0. The number of methoxy groups -OCH3 is 2. The number of carbonyl (C=O) groups is 12. The number of anilines is 1. The number of urea groups is 1. The van der Waals surface area contributed by atoms with E-state index in [4.69, 9.17) is 19.9 Å². The Bertz CT molecular complexity index is 3790. The van der Waals surface area contributed by atoms with E-state index in [9.17, 15) is 57.5 Å². The van der Waals surface area contributed by atoms with Crippen LogP contribution in [0.25, 0.3) is 0 Å². The van der Waals surface area contributed by atoms with Gasteiger partial charge in [0, 0.05) is 137 Å². The Morgan fingerprint density at radius 1 is 0.687 bits per heavy atom. The largest absolute Gasteiger partial charge is 0.445 e. The minimum atomic E-state index is -1.50. The molecule has 0 saturated carbocycles. The predicted octanol–water partition coefficient (Wildman–Crippen LogP) is 12.6. The maximum absolute atomic E-state index is 14.9. The number of nitrogens with one attached hydrogen (secondary N) is 6. The minimum absolute atomic E-state index is 0.0199. The minimum Gasteiger partial charge on any atom is -0.445 e. The van der Waals surface area contributed by atoms with E-state index in [1.807, 2.05) is 135 Å². The molecule has 115 heavy (non-hydrogen) atoms. The number of hydrogen-bond donors (Lipinski definition) is 7. The Hall–Kier alpha value is -8.59. The normalized spacial score (nSPS) is 16.1. The molecule has 1 saturated heterocycles. The van der Waals surface area contributed by atoms with Crippen molar-refractivity contribution in [1.29, 1.82) is 0 Å². The summed E-state index contributed by atoms with van der Waals surface area (Å²) in [6.07, 6.45) is 4.02. The van der Waals surface area contributed by atoms with Crippen LogP contribution < -0.4 is 37.6 Å². The second-order valence-corrected chi connectivity index (χ2v) is 35.5. The number of likely N-dealkylation sites (tertiary alicyclic amines) is 1. The van der Waals surface area contributed by atoms with Crippen molar-refractivity contribution in [3.63, 3.8) is 0 Å². The van der Waals surface area contributed by atoms with Crippen LogP contribution in [0.5, 0.6) is 0 Å². The number of rotatable bonds is 50. The molecule has 0 spiro atoms. The number of likely N-dealkylation sites (N-methyl/N-ethyl adjacent to an activating group) is 1. The lowest BCUT2D eigenvalue weighted by atomic mass is 9.83. The standard InChI is InChI=1S/C89H134N10O15S/c1-19-58(6)78(73(112-17)54-76(105)99-46-29-36-70(99)79(113-18)59(7)71(101)52-65(83-92-45-47-115-83)48-60-30-22-20-23-31-60)98(16)84(109)68(56(2)3)53-74(103)89(14,15)97-86(111)114-55-62-37-39-66(40-38-62)94-81(107)64(35-28-44-93-85(90)110)51-72(102)77(57(4)5)95-82(108)63(50-67(100)49-61-32-24-21-25-33-61)34-26-27-43-91-75(104)42-41-69(96-88(11,12)13)80(106)87(8,9)10/h20-25,30-33,37-40,45,47,56-59,63-65,68-70,73,77-79,96H,19,26-29,34-36,41-44,46,48-55H2,1-18H3,(H,91,104)(H,94,107)(H,95,108)(H,97,111)(H3,90,93,110)/t58-,59-,63+,64+,65+,68-,69+,70-,73+,77-,78-,79+/m0/s1. The molecule has 12 atom stereocenters. The second-order valence-electron chi connectivity index (χ2n) is 34.6. The number of hydrogen-bond acceptors (Lipinski definition) is 18. The van der Waals surface area contributed by atoms with Crippen molar-refractivity contribution < 1.29 is 71.7 Å². The molecule has 1 fully saturated rings. The first-order valence-corrected chi connectivity index (χ1v) is 42.0. The molecule has 2 heterocycles. The van der Waals surface area contributed by atoms with Gasteiger partial charge in [-0.3, -0.25) is 47.9 Å². The van der Waals surface area contributed by atoms with Crippen molar-refractivity contribution in [1.82, 2.24) is 41.4 Å². The highest BCUT2D eigenvalue weighted by atomic mass is 32.1. The molecular formula is C89H134N10O15S. The summed E-state index contributed by atoms with van der Waals surface area (Å²) in [4.78, 5) is 175. The van der Waals surface area contributed by atoms with E-state index >= 15 is 0 Å². The van der Waals surface area contributed by atoms with E-state index in [1.54, 1.807) is 63.4 Å². The van der Waals surface area contributed by atoms with Gasteiger partial charge < -0.3 is 61.6 Å². The fourth-order valence-electron chi connectivity index (χ4n) is 15.2. The number of amides is 8. The van der Waals surface area contributed by atoms with Crippen LogP contribution in [-0.2, 0) is 81.6 Å². The van der Waals surface area contributed by atoms with Gasteiger partial charge in [-0.25, -0.2) is 14.6 Å². The number of benzene rings is 3. The third-order valence-electron chi connectivity index (χ3n) is 22.0. The maximum atomic E-state index is 14.9. The summed E-state index contributed by atoms with van der Waals surface area (Å²) in [7, 11) is 4.80. The molecule has 25 nitrogen and oxygen atoms in total. The lowest BCUT2D eigenvalue weighted by Gasteiger charge is -2.41. The lowest BCUT2D eigenvalue weighted by Crippen LogP contribution is -2.55. The van der Waals surface area contributed by atoms with Crippen molar-refractivity contribution >= 4 is 87.6 Å². The molecular weight excluding hydrogens is 1480 g/mol. The molecule has 636 valence electrons. The Balaban J connectivity index is 1.18. The topological polar surface area (TPSA) is 350 Å². The maximum Gasteiger partial charge on any atom is 0.408 e. The lowest BCUT2D eigenvalue weighted by molar-refractivity contribution is -0.149. The van der Waals surface area contributed by atoms with Gasteiger partial charge in [-0.05, 0) is 133 Å². The van der Waals surface area contributed by atoms with Crippen LogP contribution in [-0.4, -0.2) is 174 Å². The highest BCUT2D eigenvalue weighted by Gasteiger charge is 2.45. The number of aromatic nitrogens is 1. The summed E-state index contributed by atoms with van der Waals surface area (Å²) in [5.41, 5.74) is 5.68. The summed E-state index contributed by atoms with van der Waals surface area (Å²) in [6.45, 7) is 28.4. The molecule has 1 aliphatic rings. The number of Topliss-reactive ketones (excluding diaryl/α,β-unsaturated/α-hetero) is 5. The monoisotopic (exact) mass is 1610 g/mol. The molecule has 1 aliphatic heterocycles. The van der Waals surface area contributed by atoms with Crippen LogP contribution >= 0.6 is 11.3 Å². The second kappa shape index (κ2) is 47.0. The summed E-state index contributed by atoms with van der Waals surface area (Å²) >= 11 is 1.53. The van der Waals surface area contributed by atoms with Gasteiger partial charge in [0.2, 0.25) is 29.5 Å². The molecule has 0 radical (unpaired) electrons. The van der Waals surface area contributed by atoms with Gasteiger partial charge in [-0.15, -0.1) is 11.3 Å². The summed E-state index contributed by atoms with van der Waals surface area (Å²) in [5, 5.41) is 20.2. The first kappa shape index (κ1) is 97.0. The van der Waals surface area contributed by atoms with Gasteiger partial charge in [0.25, 0.3) is 0 Å². The van der Waals surface area contributed by atoms with Gasteiger partial charge in [-0.1, -0.05) is 155 Å². The molecule has 1 aromatic heterocycles. The first-order valence-electron chi connectivity index (χ1n) is 41.1. The van der Waals surface area contributed by atoms with E-state index in [0.29, 0.717) is 62.9 Å². The molecule has 26 heteroatoms. The van der Waals surface area contributed by atoms with Crippen LogP contribution in [0.4, 0.5) is 15.3 Å². The van der Waals surface area contributed by atoms with Crippen LogP contribution in [0.3, 0.4) is 0 Å². The number of primary amides is 1. The van der Waals surface area contributed by atoms with Crippen molar-refractivity contribution in [2.24, 2.45) is 52.6 Å². The fraction of sp³-hybridized carbons (Fsp3) is 0.629. The Morgan fingerprint density at radius 2 is 1.31 bits per heavy atom. The van der Waals surface area contributed by atoms with Crippen LogP contribution in [0, 0.1) is 46.8 Å². The van der Waals surface area contributed by atoms with E-state index in [2.05, 4.69) is 49.0 Å². The van der Waals surface area contributed by atoms with Crippen LogP contribution in [0.15, 0.2) is 96.5 Å². The number of thiazole rings is 1. The van der Waals surface area contributed by atoms with Gasteiger partial charge in [-0.2, -0.15) is 0 Å². The average molecular weight is 1620 g/mol. The highest BCUT2D eigenvalue weighted by Crippen LogP contribution is 2.35. The molecule has 4 aromatic rings. The molecule has 8 N–H and O–H groups in total. The van der Waals surface area contributed by atoms with Crippen molar-refractivity contribution in [3.05, 3.63) is 118 Å². The van der Waals surface area contributed by atoms with Crippen molar-refractivity contribution in [2.45, 2.75) is 273 Å². The van der Waals surface area contributed by atoms with Gasteiger partial charge in [0.15, 0.2) is 17.3 Å². The van der Waals surface area contributed by atoms with Crippen LogP contribution in [0.1, 0.15) is 228 Å². The van der Waals surface area contributed by atoms with E-state index in [1.165, 1.54) is 32.3 Å². The van der Waals surface area contributed by atoms with Gasteiger partial charge >= 0.3 is 12.1 Å². The Labute approximate surface area is 687 Å². The molecule has 0 aliphatic carbocycles. The number of alkyl carbamates (subject to hydrolysis) is 1. The third kappa shape index (κ3) is 32.1. The van der Waals surface area contributed by atoms with Crippen molar-refractivity contribution in [3.8, 4) is 0 Å². The highest BCUT2D eigenvalue weighted by molar-refractivity contribution is 7.09. The number of unbranched alkanes of at least 4 members (excludes halogenated alkanes) is 1. The van der Waals surface area contributed by atoms with Gasteiger partial charge in [0.05, 0.1) is 53.3 Å². The van der Waals surface area contributed by atoms with Crippen molar-refractivity contribution in [2.75, 3.05) is 46.2 Å². The first-order chi connectivity index (χ1) is 54.2. The fourth-order valence-corrected chi connectivity index (χ4v) is 15.9. The summed E-state index contributed by atoms with van der Waals surface area (Å²) in [6, 6.07) is 22.4. The average Bonchev–Trinajstić information content (AvgIpc) is 1.74. The predicted molar refractivity (Wildman–Crippen MR) is 448 cm³/mol. The summed E-state index contributed by atoms with van der Waals surface area (Å²) < 4.78 is 17.9. The Morgan fingerprint density at radius 3 is 1.89 bits per heavy atom. The molecule has 8 amide bonds. The van der Waals surface area contributed by atoms with Gasteiger partial charge in [0.1, 0.15) is 18.2 Å². The zero-order valence-electron chi connectivity index (χ0n) is 71.6. The smallest absolute Gasteiger partial charge is 0.408 e. The molecule has 0 bridgehead atoms. The molecule has 0 unspecified atom stereocenters. The molecule has 3 aromatic carbocycles. The Kier molecular flexibility index (Phi) is 39.6. The quantitative estimate of drug-likeness (QED) is 0.0202. The van der Waals surface area contributed by atoms with E-state index in [-0.39, 0.29) is 142 Å². The molecule has 5 rings (SSSR count). The van der Waals surface area contributed by atoms with E-state index in [0.717, 1.165) is 22.6 Å². The number of nitrogens with two attached hydrogens (primary N) is 1. The van der Waals surface area contributed by atoms with Crippen LogP contribution in [0.2, 0.25) is 0 Å². The number of nitrogens with zero attached hydrogens (tertiary/aromatic N) is 3. The zero-order chi connectivity index (χ0) is 85.5. The number of ether oxygens (including phenoxy) is 3. The zero-order valence-corrected chi connectivity index (χ0v) is 72.4.